The predicted octanol–water partition coefficient (Wildman–Crippen LogP) is 1.20. The highest BCUT2D eigenvalue weighted by Crippen LogP contribution is 2.12. The molecule has 19 heavy (non-hydrogen) atoms. The minimum atomic E-state index is -0.296. The van der Waals surface area contributed by atoms with Crippen molar-refractivity contribution in [2.45, 2.75) is 6.54 Å². The van der Waals surface area contributed by atoms with Crippen LogP contribution >= 0.6 is 0 Å². The van der Waals surface area contributed by atoms with E-state index in [9.17, 15) is 4.79 Å². The molecule has 0 spiro atoms. The number of hydrogen-bond donors (Lipinski definition) is 2. The molecule has 0 saturated carbocycles. The Morgan fingerprint density at radius 2 is 2.11 bits per heavy atom. The van der Waals surface area contributed by atoms with Crippen LogP contribution < -0.4 is 15.8 Å². The molecule has 0 aromatic carbocycles. The van der Waals surface area contributed by atoms with Crippen LogP contribution in [0.25, 0.3) is 0 Å². The normalized spacial score (nSPS) is 10.0. The van der Waals surface area contributed by atoms with E-state index in [0.717, 1.165) is 5.56 Å². The first kappa shape index (κ1) is 13.0. The van der Waals surface area contributed by atoms with E-state index in [4.69, 9.17) is 10.5 Å². The van der Waals surface area contributed by atoms with E-state index in [1.807, 2.05) is 0 Å². The maximum absolute atomic E-state index is 11.9. The Bertz CT molecular complexity index is 552. The molecule has 0 radical (unpaired) electrons. The lowest BCUT2D eigenvalue weighted by Crippen LogP contribution is -2.14. The number of ether oxygens (including phenoxy) is 1. The van der Waals surface area contributed by atoms with Gasteiger partial charge in [-0.05, 0) is 17.7 Å². The van der Waals surface area contributed by atoms with Gasteiger partial charge in [-0.15, -0.1) is 0 Å². The van der Waals surface area contributed by atoms with Crippen LogP contribution in [-0.2, 0) is 6.54 Å². The number of nitrogens with zero attached hydrogens (tertiary/aromatic N) is 2. The second-order valence-corrected chi connectivity index (χ2v) is 3.80. The van der Waals surface area contributed by atoms with Crippen LogP contribution in [0.2, 0.25) is 0 Å². The zero-order chi connectivity index (χ0) is 13.7. The number of carbonyl (C=O) groups excluding carboxylic acids is 1. The number of rotatable bonds is 4. The highest BCUT2D eigenvalue weighted by Gasteiger charge is 2.07. The molecule has 2 aromatic rings. The quantitative estimate of drug-likeness (QED) is 0.859. The maximum Gasteiger partial charge on any atom is 0.274 e. The van der Waals surface area contributed by atoms with Gasteiger partial charge in [0, 0.05) is 18.8 Å². The molecule has 3 N–H and O–H groups in total. The zero-order valence-corrected chi connectivity index (χ0v) is 10.5. The fourth-order valence-corrected chi connectivity index (χ4v) is 1.45. The third kappa shape index (κ3) is 3.26. The summed E-state index contributed by atoms with van der Waals surface area (Å²) in [5, 5.41) is 2.70. The fourth-order valence-electron chi connectivity index (χ4n) is 1.45. The molecule has 2 heterocycles. The van der Waals surface area contributed by atoms with Crippen LogP contribution in [0, 0.1) is 0 Å². The third-order valence-corrected chi connectivity index (χ3v) is 2.50. The van der Waals surface area contributed by atoms with Gasteiger partial charge < -0.3 is 15.8 Å². The van der Waals surface area contributed by atoms with Gasteiger partial charge in [0.1, 0.15) is 5.69 Å². The standard InChI is InChI=1S/C13H14N4O2/c1-19-12-5-3-10(8-16-12)17-13(18)11-4-2-9(6-14)7-15-11/h2-5,7-8H,6,14H2,1H3,(H,17,18). The molecule has 0 aliphatic rings. The molecule has 0 aliphatic carbocycles. The molecule has 1 amide bonds. The van der Waals surface area contributed by atoms with Crippen LogP contribution in [0.5, 0.6) is 5.88 Å². The summed E-state index contributed by atoms with van der Waals surface area (Å²) in [5.41, 5.74) is 7.25. The monoisotopic (exact) mass is 258 g/mol. The number of hydrogen-bond acceptors (Lipinski definition) is 5. The first-order chi connectivity index (χ1) is 9.22. The van der Waals surface area contributed by atoms with Gasteiger partial charge in [-0.1, -0.05) is 6.07 Å². The summed E-state index contributed by atoms with van der Waals surface area (Å²) in [6, 6.07) is 6.78. The molecule has 2 rings (SSSR count). The van der Waals surface area contributed by atoms with Gasteiger partial charge in [0.2, 0.25) is 5.88 Å². The van der Waals surface area contributed by atoms with Gasteiger partial charge >= 0.3 is 0 Å². The fraction of sp³-hybridized carbons (Fsp3) is 0.154. The Labute approximate surface area is 110 Å². The van der Waals surface area contributed by atoms with E-state index in [2.05, 4.69) is 15.3 Å². The molecule has 0 saturated heterocycles. The van der Waals surface area contributed by atoms with Gasteiger partial charge in [-0.2, -0.15) is 0 Å². The van der Waals surface area contributed by atoms with E-state index < -0.39 is 0 Å². The van der Waals surface area contributed by atoms with Crippen molar-refractivity contribution in [1.29, 1.82) is 0 Å². The summed E-state index contributed by atoms with van der Waals surface area (Å²) in [6.45, 7) is 0.400. The largest absolute Gasteiger partial charge is 0.481 e. The Balaban J connectivity index is 2.06. The summed E-state index contributed by atoms with van der Waals surface area (Å²) in [6.07, 6.45) is 3.10. The molecule has 98 valence electrons. The first-order valence-electron chi connectivity index (χ1n) is 5.69. The number of aromatic nitrogens is 2. The van der Waals surface area contributed by atoms with Gasteiger partial charge in [0.05, 0.1) is 19.0 Å². The van der Waals surface area contributed by atoms with Crippen LogP contribution in [0.3, 0.4) is 0 Å². The number of nitrogens with two attached hydrogens (primary N) is 1. The molecule has 2 aromatic heterocycles. The molecule has 6 nitrogen and oxygen atoms in total. The van der Waals surface area contributed by atoms with Crippen molar-refractivity contribution in [2.24, 2.45) is 5.73 Å². The average molecular weight is 258 g/mol. The summed E-state index contributed by atoms with van der Waals surface area (Å²) < 4.78 is 4.94. The molecule has 0 unspecified atom stereocenters. The van der Waals surface area contributed by atoms with Crippen LogP contribution in [0.15, 0.2) is 36.7 Å². The molecular formula is C13H14N4O2. The van der Waals surface area contributed by atoms with Crippen LogP contribution in [-0.4, -0.2) is 23.0 Å². The highest BCUT2D eigenvalue weighted by atomic mass is 16.5. The lowest BCUT2D eigenvalue weighted by Gasteiger charge is -2.05. The Hall–Kier alpha value is -2.47. The number of carbonyl (C=O) groups is 1. The first-order valence-corrected chi connectivity index (χ1v) is 5.69. The van der Waals surface area contributed by atoms with Crippen molar-refractivity contribution in [3.05, 3.63) is 47.9 Å². The second-order valence-electron chi connectivity index (χ2n) is 3.80. The summed E-state index contributed by atoms with van der Waals surface area (Å²) >= 11 is 0. The number of nitrogens with one attached hydrogen (secondary N) is 1. The van der Waals surface area contributed by atoms with Crippen LogP contribution in [0.4, 0.5) is 5.69 Å². The Morgan fingerprint density at radius 1 is 1.26 bits per heavy atom. The third-order valence-electron chi connectivity index (χ3n) is 2.50. The van der Waals surface area contributed by atoms with Crippen molar-refractivity contribution in [2.75, 3.05) is 12.4 Å². The number of anilines is 1. The summed E-state index contributed by atoms with van der Waals surface area (Å²) in [7, 11) is 1.53. The van der Waals surface area contributed by atoms with Gasteiger partial charge in [-0.25, -0.2) is 4.98 Å². The predicted molar refractivity (Wildman–Crippen MR) is 70.9 cm³/mol. The number of methoxy groups -OCH3 is 1. The minimum Gasteiger partial charge on any atom is -0.481 e. The average Bonchev–Trinajstić information content (AvgIpc) is 2.48. The molecule has 0 bridgehead atoms. The lowest BCUT2D eigenvalue weighted by molar-refractivity contribution is 0.102. The maximum atomic E-state index is 11.9. The molecule has 6 heteroatoms. The Morgan fingerprint density at radius 3 is 2.63 bits per heavy atom. The molecule has 0 aliphatic heterocycles. The molecular weight excluding hydrogens is 244 g/mol. The van der Waals surface area contributed by atoms with Crippen molar-refractivity contribution >= 4 is 11.6 Å². The van der Waals surface area contributed by atoms with Gasteiger partial charge in [0.25, 0.3) is 5.91 Å². The van der Waals surface area contributed by atoms with E-state index in [1.54, 1.807) is 30.5 Å². The molecule has 0 fully saturated rings. The summed E-state index contributed by atoms with van der Waals surface area (Å²) in [5.74, 6) is 0.193. The number of pyridine rings is 2. The second kappa shape index (κ2) is 5.92. The molecule has 0 atom stereocenters. The van der Waals surface area contributed by atoms with Gasteiger partial charge in [-0.3, -0.25) is 9.78 Å². The van der Waals surface area contributed by atoms with Crippen molar-refractivity contribution in [3.8, 4) is 5.88 Å². The van der Waals surface area contributed by atoms with Crippen molar-refractivity contribution < 1.29 is 9.53 Å². The topological polar surface area (TPSA) is 90.1 Å². The SMILES string of the molecule is COc1ccc(NC(=O)c2ccc(CN)cn2)cn1. The van der Waals surface area contributed by atoms with E-state index in [1.165, 1.54) is 13.3 Å². The van der Waals surface area contributed by atoms with Gasteiger partial charge in [0.15, 0.2) is 0 Å². The minimum absolute atomic E-state index is 0.296. The highest BCUT2D eigenvalue weighted by molar-refractivity contribution is 6.02. The smallest absolute Gasteiger partial charge is 0.274 e. The summed E-state index contributed by atoms with van der Waals surface area (Å²) in [4.78, 5) is 19.9. The van der Waals surface area contributed by atoms with E-state index >= 15 is 0 Å². The van der Waals surface area contributed by atoms with E-state index in [-0.39, 0.29) is 5.91 Å². The lowest BCUT2D eigenvalue weighted by atomic mass is 10.2. The van der Waals surface area contributed by atoms with Crippen LogP contribution in [0.1, 0.15) is 16.1 Å². The number of amides is 1. The Kier molecular flexibility index (Phi) is 4.04. The van der Waals surface area contributed by atoms with Crippen molar-refractivity contribution in [3.63, 3.8) is 0 Å². The van der Waals surface area contributed by atoms with E-state index in [0.29, 0.717) is 23.8 Å². The zero-order valence-electron chi connectivity index (χ0n) is 10.5. The van der Waals surface area contributed by atoms with Crippen molar-refractivity contribution in [1.82, 2.24) is 9.97 Å².